The van der Waals surface area contributed by atoms with Crippen LogP contribution in [0.3, 0.4) is 0 Å². The van der Waals surface area contributed by atoms with Crippen molar-refractivity contribution in [1.82, 2.24) is 5.32 Å². The highest BCUT2D eigenvalue weighted by molar-refractivity contribution is 7.98. The molecule has 5 heteroatoms. The number of carbonyl (C=O) groups excluding carboxylic acids is 2. The van der Waals surface area contributed by atoms with Crippen molar-refractivity contribution < 1.29 is 9.59 Å². The third-order valence-electron chi connectivity index (χ3n) is 2.90. The SMILES string of the molecule is CSc1cccc(N2CC(=O)NC(C)(C)C2=O)c1. The van der Waals surface area contributed by atoms with E-state index < -0.39 is 5.54 Å². The monoisotopic (exact) mass is 264 g/mol. The summed E-state index contributed by atoms with van der Waals surface area (Å²) in [5.74, 6) is -0.213. The lowest BCUT2D eigenvalue weighted by molar-refractivity contribution is -0.134. The van der Waals surface area contributed by atoms with E-state index in [0.717, 1.165) is 10.6 Å². The van der Waals surface area contributed by atoms with Crippen LogP contribution in [-0.4, -0.2) is 30.2 Å². The first-order valence-corrected chi connectivity index (χ1v) is 6.93. The predicted molar refractivity (Wildman–Crippen MR) is 72.8 cm³/mol. The summed E-state index contributed by atoms with van der Waals surface area (Å²) in [5, 5.41) is 2.70. The Labute approximate surface area is 111 Å². The summed E-state index contributed by atoms with van der Waals surface area (Å²) in [6.07, 6.45) is 1.98. The number of rotatable bonds is 2. The topological polar surface area (TPSA) is 49.4 Å². The molecule has 0 saturated carbocycles. The third kappa shape index (κ3) is 2.36. The van der Waals surface area contributed by atoms with Gasteiger partial charge in [-0.25, -0.2) is 0 Å². The Bertz CT molecular complexity index is 500. The molecule has 0 unspecified atom stereocenters. The number of nitrogens with one attached hydrogen (secondary N) is 1. The summed E-state index contributed by atoms with van der Waals surface area (Å²) < 4.78 is 0. The molecule has 18 heavy (non-hydrogen) atoms. The van der Waals surface area contributed by atoms with Crippen LogP contribution in [0.15, 0.2) is 29.2 Å². The molecule has 1 fully saturated rings. The maximum absolute atomic E-state index is 12.3. The first kappa shape index (κ1) is 13.0. The van der Waals surface area contributed by atoms with Crippen molar-refractivity contribution in [3.05, 3.63) is 24.3 Å². The van der Waals surface area contributed by atoms with Gasteiger partial charge in [0.15, 0.2) is 0 Å². The van der Waals surface area contributed by atoms with Gasteiger partial charge in [0.25, 0.3) is 5.91 Å². The Morgan fingerprint density at radius 1 is 1.33 bits per heavy atom. The number of piperazine rings is 1. The van der Waals surface area contributed by atoms with Crippen molar-refractivity contribution >= 4 is 29.3 Å². The van der Waals surface area contributed by atoms with Crippen LogP contribution in [0, 0.1) is 0 Å². The standard InChI is InChI=1S/C13H16N2O2S/c1-13(2)12(17)15(8-11(16)14-13)9-5-4-6-10(7-9)18-3/h4-7H,8H2,1-3H3,(H,14,16). The van der Waals surface area contributed by atoms with E-state index in [4.69, 9.17) is 0 Å². The molecule has 1 aliphatic rings. The highest BCUT2D eigenvalue weighted by Crippen LogP contribution is 2.25. The first-order valence-electron chi connectivity index (χ1n) is 5.71. The lowest BCUT2D eigenvalue weighted by Gasteiger charge is -2.37. The van der Waals surface area contributed by atoms with Gasteiger partial charge < -0.3 is 10.2 Å². The highest BCUT2D eigenvalue weighted by Gasteiger charge is 2.39. The Balaban J connectivity index is 2.36. The second kappa shape index (κ2) is 4.65. The van der Waals surface area contributed by atoms with E-state index in [-0.39, 0.29) is 18.4 Å². The quantitative estimate of drug-likeness (QED) is 0.826. The summed E-state index contributed by atoms with van der Waals surface area (Å²) in [6.45, 7) is 3.52. The molecular weight excluding hydrogens is 248 g/mol. The number of thioether (sulfide) groups is 1. The number of carbonyl (C=O) groups is 2. The van der Waals surface area contributed by atoms with Crippen molar-refractivity contribution in [3.8, 4) is 0 Å². The second-order valence-corrected chi connectivity index (χ2v) is 5.65. The van der Waals surface area contributed by atoms with Gasteiger partial charge in [0.05, 0.1) is 0 Å². The average molecular weight is 264 g/mol. The fraction of sp³-hybridized carbons (Fsp3) is 0.385. The van der Waals surface area contributed by atoms with E-state index in [0.29, 0.717) is 0 Å². The lowest BCUT2D eigenvalue weighted by atomic mass is 10.00. The van der Waals surface area contributed by atoms with E-state index >= 15 is 0 Å². The number of benzene rings is 1. The summed E-state index contributed by atoms with van der Waals surface area (Å²) in [5.41, 5.74) is -0.0696. The molecule has 1 aliphatic heterocycles. The van der Waals surface area contributed by atoms with Gasteiger partial charge >= 0.3 is 0 Å². The Morgan fingerprint density at radius 3 is 2.72 bits per heavy atom. The number of hydrogen-bond donors (Lipinski definition) is 1. The fourth-order valence-electron chi connectivity index (χ4n) is 1.98. The molecule has 0 bridgehead atoms. The maximum atomic E-state index is 12.3. The van der Waals surface area contributed by atoms with Crippen LogP contribution in [0.4, 0.5) is 5.69 Å². The van der Waals surface area contributed by atoms with Crippen molar-refractivity contribution in [2.24, 2.45) is 0 Å². The average Bonchev–Trinajstić information content (AvgIpc) is 2.33. The molecule has 2 rings (SSSR count). The van der Waals surface area contributed by atoms with Gasteiger partial charge in [-0.15, -0.1) is 11.8 Å². The van der Waals surface area contributed by atoms with Crippen molar-refractivity contribution in [2.45, 2.75) is 24.3 Å². The molecule has 0 aromatic heterocycles. The number of amides is 2. The highest BCUT2D eigenvalue weighted by atomic mass is 32.2. The Morgan fingerprint density at radius 2 is 2.06 bits per heavy atom. The zero-order valence-electron chi connectivity index (χ0n) is 10.7. The summed E-state index contributed by atoms with van der Waals surface area (Å²) in [6, 6.07) is 7.66. The van der Waals surface area contributed by atoms with Crippen LogP contribution < -0.4 is 10.2 Å². The van der Waals surface area contributed by atoms with Crippen molar-refractivity contribution in [1.29, 1.82) is 0 Å². The molecule has 2 amide bonds. The minimum atomic E-state index is -0.843. The third-order valence-corrected chi connectivity index (χ3v) is 3.62. The van der Waals surface area contributed by atoms with E-state index in [1.807, 2.05) is 30.5 Å². The first-order chi connectivity index (χ1) is 8.44. The molecule has 1 N–H and O–H groups in total. The molecule has 0 radical (unpaired) electrons. The zero-order chi connectivity index (χ0) is 13.3. The van der Waals surface area contributed by atoms with E-state index in [2.05, 4.69) is 5.32 Å². The van der Waals surface area contributed by atoms with E-state index in [9.17, 15) is 9.59 Å². The van der Waals surface area contributed by atoms with E-state index in [1.54, 1.807) is 30.5 Å². The molecule has 4 nitrogen and oxygen atoms in total. The summed E-state index contributed by atoms with van der Waals surface area (Å²) in [4.78, 5) is 26.6. The van der Waals surface area contributed by atoms with Crippen molar-refractivity contribution in [3.63, 3.8) is 0 Å². The van der Waals surface area contributed by atoms with Gasteiger partial charge in [-0.05, 0) is 38.3 Å². The number of hydrogen-bond acceptors (Lipinski definition) is 3. The van der Waals surface area contributed by atoms with E-state index in [1.165, 1.54) is 0 Å². The Kier molecular flexibility index (Phi) is 3.34. The van der Waals surface area contributed by atoms with Crippen molar-refractivity contribution in [2.75, 3.05) is 17.7 Å². The molecular formula is C13H16N2O2S. The normalized spacial score (nSPS) is 18.7. The predicted octanol–water partition coefficient (Wildman–Crippen LogP) is 1.65. The minimum Gasteiger partial charge on any atom is -0.341 e. The van der Waals surface area contributed by atoms with Gasteiger partial charge in [-0.3, -0.25) is 9.59 Å². The van der Waals surface area contributed by atoms with Crippen LogP contribution in [-0.2, 0) is 9.59 Å². The number of anilines is 1. The molecule has 1 saturated heterocycles. The molecule has 0 atom stereocenters. The molecule has 1 heterocycles. The largest absolute Gasteiger partial charge is 0.341 e. The van der Waals surface area contributed by atoms with Crippen LogP contribution in [0.5, 0.6) is 0 Å². The van der Waals surface area contributed by atoms with Crippen LogP contribution in [0.2, 0.25) is 0 Å². The van der Waals surface area contributed by atoms with Crippen LogP contribution in [0.25, 0.3) is 0 Å². The van der Waals surface area contributed by atoms with Crippen LogP contribution >= 0.6 is 11.8 Å². The molecule has 1 aromatic rings. The van der Waals surface area contributed by atoms with Gasteiger partial charge in [-0.1, -0.05) is 6.07 Å². The molecule has 0 aliphatic carbocycles. The number of nitrogens with zero attached hydrogens (tertiary/aromatic N) is 1. The minimum absolute atomic E-state index is 0.0830. The summed E-state index contributed by atoms with van der Waals surface area (Å²) in [7, 11) is 0. The summed E-state index contributed by atoms with van der Waals surface area (Å²) >= 11 is 1.61. The van der Waals surface area contributed by atoms with Gasteiger partial charge in [-0.2, -0.15) is 0 Å². The molecule has 96 valence electrons. The van der Waals surface area contributed by atoms with Gasteiger partial charge in [0.2, 0.25) is 5.91 Å². The zero-order valence-corrected chi connectivity index (χ0v) is 11.5. The Hall–Kier alpha value is -1.49. The van der Waals surface area contributed by atoms with Crippen LogP contribution in [0.1, 0.15) is 13.8 Å². The molecule has 0 spiro atoms. The molecule has 1 aromatic carbocycles. The smallest absolute Gasteiger partial charge is 0.252 e. The van der Waals surface area contributed by atoms with Gasteiger partial charge in [0, 0.05) is 10.6 Å². The van der Waals surface area contributed by atoms with Gasteiger partial charge in [0.1, 0.15) is 12.1 Å². The maximum Gasteiger partial charge on any atom is 0.252 e. The second-order valence-electron chi connectivity index (χ2n) is 4.77. The lowest BCUT2D eigenvalue weighted by Crippen LogP contribution is -2.64. The fourth-order valence-corrected chi connectivity index (χ4v) is 2.43.